The molecule has 0 aliphatic heterocycles. The van der Waals surface area contributed by atoms with E-state index in [1.165, 1.54) is 24.8 Å². The molecule has 5 rings (SSSR count). The van der Waals surface area contributed by atoms with Crippen molar-refractivity contribution in [1.29, 1.82) is 0 Å². The molecule has 0 radical (unpaired) electrons. The van der Waals surface area contributed by atoms with Crippen LogP contribution >= 0.6 is 43.6 Å². The lowest BCUT2D eigenvalue weighted by Crippen LogP contribution is -2.01. The van der Waals surface area contributed by atoms with Crippen LogP contribution in [0.1, 0.15) is 54.2 Å². The number of ketones is 1. The van der Waals surface area contributed by atoms with Crippen LogP contribution < -0.4 is 0 Å². The molecule has 0 atom stereocenters. The molecule has 4 aromatic rings. The molecule has 5 nitrogen and oxygen atoms in total. The van der Waals surface area contributed by atoms with Gasteiger partial charge in [-0.1, -0.05) is 38.3 Å². The van der Waals surface area contributed by atoms with Crippen LogP contribution in [0, 0.1) is 0 Å². The molecule has 8 heteroatoms. The first-order chi connectivity index (χ1) is 14.1. The molecule has 2 heterocycles. The van der Waals surface area contributed by atoms with Crippen LogP contribution in [0.4, 0.5) is 0 Å². The summed E-state index contributed by atoms with van der Waals surface area (Å²) in [4.78, 5) is 22.7. The zero-order chi connectivity index (χ0) is 20.1. The third kappa shape index (κ3) is 3.04. The third-order valence-corrected chi connectivity index (χ3v) is 7.36. The topological polar surface area (TPSA) is 68.6 Å². The van der Waals surface area contributed by atoms with Gasteiger partial charge >= 0.3 is 0 Å². The van der Waals surface area contributed by atoms with Gasteiger partial charge in [-0.2, -0.15) is 8.75 Å². The molecule has 146 valence electrons. The molecular weight excluding hydrogens is 516 g/mol. The average Bonchev–Trinajstić information content (AvgIpc) is 3.33. The van der Waals surface area contributed by atoms with Crippen LogP contribution in [0.2, 0.25) is 0 Å². The van der Waals surface area contributed by atoms with E-state index in [1.807, 2.05) is 12.1 Å². The first kappa shape index (κ1) is 19.2. The molecule has 1 aliphatic rings. The van der Waals surface area contributed by atoms with Gasteiger partial charge < -0.3 is 0 Å². The Bertz CT molecular complexity index is 1300. The Kier molecular flexibility index (Phi) is 4.96. The first-order valence-corrected chi connectivity index (χ1v) is 11.9. The summed E-state index contributed by atoms with van der Waals surface area (Å²) in [5.74, 6) is -0.0562. The van der Waals surface area contributed by atoms with Crippen LogP contribution in [0.5, 0.6) is 0 Å². The van der Waals surface area contributed by atoms with Gasteiger partial charge in [-0.3, -0.25) is 4.79 Å². The Morgan fingerprint density at radius 2 is 1.55 bits per heavy atom. The van der Waals surface area contributed by atoms with E-state index >= 15 is 0 Å². The van der Waals surface area contributed by atoms with Crippen LogP contribution in [0.3, 0.4) is 0 Å². The maximum Gasteiger partial charge on any atom is 0.214 e. The molecule has 0 saturated heterocycles. The Labute approximate surface area is 188 Å². The van der Waals surface area contributed by atoms with Gasteiger partial charge in [0.2, 0.25) is 5.78 Å². The Morgan fingerprint density at radius 3 is 2.24 bits per heavy atom. The average molecular weight is 532 g/mol. The number of fused-ring (bicyclic) bond motifs is 5. The second-order valence-corrected chi connectivity index (χ2v) is 9.34. The maximum atomic E-state index is 13.1. The lowest BCUT2D eigenvalue weighted by atomic mass is 10.0. The molecule has 2 aromatic heterocycles. The van der Waals surface area contributed by atoms with Gasteiger partial charge in [0.05, 0.1) is 20.7 Å². The van der Waals surface area contributed by atoms with Crippen LogP contribution in [0.15, 0.2) is 27.1 Å². The van der Waals surface area contributed by atoms with Crippen LogP contribution in [-0.2, 0) is 6.42 Å². The van der Waals surface area contributed by atoms with E-state index in [9.17, 15) is 4.79 Å². The molecule has 0 saturated carbocycles. The summed E-state index contributed by atoms with van der Waals surface area (Å²) in [5, 5.41) is 0. The van der Waals surface area contributed by atoms with Crippen molar-refractivity contribution in [2.24, 2.45) is 0 Å². The first-order valence-electron chi connectivity index (χ1n) is 9.59. The fourth-order valence-corrected chi connectivity index (χ4v) is 5.71. The van der Waals surface area contributed by atoms with E-state index in [0.29, 0.717) is 28.0 Å². The normalized spacial score (nSPS) is 12.7. The van der Waals surface area contributed by atoms with Crippen molar-refractivity contribution in [3.05, 3.63) is 44.0 Å². The number of carbonyl (C=O) groups is 1. The van der Waals surface area contributed by atoms with E-state index in [0.717, 1.165) is 50.1 Å². The van der Waals surface area contributed by atoms with Gasteiger partial charge in [0.25, 0.3) is 0 Å². The van der Waals surface area contributed by atoms with Gasteiger partial charge in [0.15, 0.2) is 0 Å². The van der Waals surface area contributed by atoms with Crippen molar-refractivity contribution in [2.45, 2.75) is 39.0 Å². The maximum absolute atomic E-state index is 13.1. The largest absolute Gasteiger partial charge is 0.287 e. The van der Waals surface area contributed by atoms with Gasteiger partial charge in [0.1, 0.15) is 33.5 Å². The molecule has 2 aromatic carbocycles. The predicted molar refractivity (Wildman–Crippen MR) is 123 cm³/mol. The predicted octanol–water partition coefficient (Wildman–Crippen LogP) is 6.49. The second kappa shape index (κ2) is 7.49. The Hall–Kier alpha value is -1.77. The number of unbranched alkanes of at least 4 members (excludes halogenated alkanes) is 3. The number of hydrogen-bond donors (Lipinski definition) is 0. The quantitative estimate of drug-likeness (QED) is 0.242. The zero-order valence-electron chi connectivity index (χ0n) is 15.6. The van der Waals surface area contributed by atoms with Crippen molar-refractivity contribution < 1.29 is 4.79 Å². The fourth-order valence-electron chi connectivity index (χ4n) is 3.81. The molecular formula is C21H16Br2N4OS. The van der Waals surface area contributed by atoms with Crippen LogP contribution in [0.25, 0.3) is 33.3 Å². The highest BCUT2D eigenvalue weighted by molar-refractivity contribution is 9.11. The van der Waals surface area contributed by atoms with E-state index < -0.39 is 0 Å². The van der Waals surface area contributed by atoms with Crippen molar-refractivity contribution >= 4 is 71.4 Å². The third-order valence-electron chi connectivity index (χ3n) is 5.33. The minimum atomic E-state index is -0.0562. The van der Waals surface area contributed by atoms with Gasteiger partial charge in [-0.15, -0.1) is 0 Å². The summed E-state index contributed by atoms with van der Waals surface area (Å²) >= 11 is 8.33. The lowest BCUT2D eigenvalue weighted by molar-refractivity contribution is 0.103. The van der Waals surface area contributed by atoms with Gasteiger partial charge in [-0.05, 0) is 56.3 Å². The number of rotatable bonds is 5. The lowest BCUT2D eigenvalue weighted by Gasteiger charge is -2.06. The highest BCUT2D eigenvalue weighted by Gasteiger charge is 2.31. The number of carbonyl (C=O) groups excluding carboxylic acids is 1. The molecule has 0 spiro atoms. The summed E-state index contributed by atoms with van der Waals surface area (Å²) in [5.41, 5.74) is 6.58. The van der Waals surface area contributed by atoms with Crippen molar-refractivity contribution in [2.75, 3.05) is 0 Å². The van der Waals surface area contributed by atoms with Crippen molar-refractivity contribution in [1.82, 2.24) is 18.7 Å². The minimum Gasteiger partial charge on any atom is -0.287 e. The number of halogens is 2. The number of aryl methyl sites for hydroxylation is 1. The Balaban J connectivity index is 1.62. The number of hydrogen-bond acceptors (Lipinski definition) is 6. The van der Waals surface area contributed by atoms with Crippen molar-refractivity contribution in [3.63, 3.8) is 0 Å². The summed E-state index contributed by atoms with van der Waals surface area (Å²) in [6.45, 7) is 2.21. The second-order valence-electron chi connectivity index (χ2n) is 7.23. The molecule has 1 aliphatic carbocycles. The van der Waals surface area contributed by atoms with E-state index in [-0.39, 0.29) is 5.78 Å². The summed E-state index contributed by atoms with van der Waals surface area (Å²) < 4.78 is 10.2. The van der Waals surface area contributed by atoms with Crippen LogP contribution in [-0.4, -0.2) is 24.5 Å². The van der Waals surface area contributed by atoms with E-state index in [4.69, 9.17) is 9.97 Å². The summed E-state index contributed by atoms with van der Waals surface area (Å²) in [7, 11) is 0. The fraction of sp³-hybridized carbons (Fsp3) is 0.286. The van der Waals surface area contributed by atoms with Gasteiger partial charge in [0, 0.05) is 11.1 Å². The van der Waals surface area contributed by atoms with Gasteiger partial charge in [-0.25, -0.2) is 9.97 Å². The molecule has 0 amide bonds. The highest BCUT2D eigenvalue weighted by atomic mass is 79.9. The Morgan fingerprint density at radius 1 is 0.862 bits per heavy atom. The highest BCUT2D eigenvalue weighted by Crippen LogP contribution is 2.41. The van der Waals surface area contributed by atoms with Crippen molar-refractivity contribution in [3.8, 4) is 11.3 Å². The summed E-state index contributed by atoms with van der Waals surface area (Å²) in [6.07, 6.45) is 5.82. The molecule has 29 heavy (non-hydrogen) atoms. The zero-order valence-corrected chi connectivity index (χ0v) is 19.6. The molecule has 0 unspecified atom stereocenters. The number of benzene rings is 2. The van der Waals surface area contributed by atoms with E-state index in [2.05, 4.69) is 53.6 Å². The SMILES string of the molecule is CCCCCCc1ccc2c(c1)C(=O)c1nc3c(Br)c4nsnc4c(Br)c3nc1-2. The number of nitrogens with zero attached hydrogens (tertiary/aromatic N) is 4. The summed E-state index contributed by atoms with van der Waals surface area (Å²) in [6, 6.07) is 6.14. The molecule has 0 bridgehead atoms. The monoisotopic (exact) mass is 530 g/mol. The van der Waals surface area contributed by atoms with E-state index in [1.54, 1.807) is 0 Å². The standard InChI is InChI=1S/C21H16Br2N4OS/c1-2-3-4-5-6-10-7-8-11-12(9-10)21(28)20-15(11)24-16-13(22)18-19(27-29-26-18)14(23)17(16)25-20/h7-9H,2-6H2,1H3. The minimum absolute atomic E-state index is 0.0562. The molecule has 0 fully saturated rings. The smallest absolute Gasteiger partial charge is 0.214 e. The molecule has 0 N–H and O–H groups in total. The number of aromatic nitrogens is 4.